The molecule has 19 heavy (non-hydrogen) atoms. The third kappa shape index (κ3) is 3.02. The van der Waals surface area contributed by atoms with Gasteiger partial charge in [0.05, 0.1) is 10.7 Å². The van der Waals surface area contributed by atoms with Crippen molar-refractivity contribution in [1.29, 1.82) is 0 Å². The first-order valence-electron chi connectivity index (χ1n) is 6.50. The second-order valence-corrected chi connectivity index (χ2v) is 6.15. The van der Waals surface area contributed by atoms with E-state index >= 15 is 0 Å². The van der Waals surface area contributed by atoms with Gasteiger partial charge in [-0.2, -0.15) is 5.10 Å². The molecule has 3 nitrogen and oxygen atoms in total. The molecule has 0 saturated heterocycles. The normalized spacial score (nSPS) is 12.9. The van der Waals surface area contributed by atoms with Gasteiger partial charge in [-0.05, 0) is 31.7 Å². The minimum atomic E-state index is 0.326. The van der Waals surface area contributed by atoms with E-state index < -0.39 is 0 Å². The molecular formula is C14H20ClN3S. The summed E-state index contributed by atoms with van der Waals surface area (Å²) in [7, 11) is 1.99. The van der Waals surface area contributed by atoms with Gasteiger partial charge in [0.15, 0.2) is 0 Å². The number of nitrogens with one attached hydrogen (secondary N) is 1. The van der Waals surface area contributed by atoms with Gasteiger partial charge in [0.25, 0.3) is 0 Å². The molecule has 0 amide bonds. The third-order valence-corrected chi connectivity index (χ3v) is 4.91. The molecule has 5 heteroatoms. The largest absolute Gasteiger partial charge is 0.305 e. The molecule has 0 aliphatic rings. The summed E-state index contributed by atoms with van der Waals surface area (Å²) in [6, 6.07) is 2.27. The van der Waals surface area contributed by atoms with E-state index in [1.54, 1.807) is 11.3 Å². The van der Waals surface area contributed by atoms with Crippen molar-refractivity contribution in [3.8, 4) is 0 Å². The van der Waals surface area contributed by atoms with Gasteiger partial charge in [-0.15, -0.1) is 11.3 Å². The Bertz CT molecular complexity index is 559. The van der Waals surface area contributed by atoms with E-state index in [4.69, 9.17) is 11.6 Å². The van der Waals surface area contributed by atoms with Gasteiger partial charge in [0.2, 0.25) is 0 Å². The fourth-order valence-electron chi connectivity index (χ4n) is 2.41. The number of thiophene rings is 1. The van der Waals surface area contributed by atoms with Crippen LogP contribution >= 0.6 is 22.9 Å². The Kier molecular flexibility index (Phi) is 4.66. The number of aromatic nitrogens is 2. The lowest BCUT2D eigenvalue weighted by Gasteiger charge is -2.17. The van der Waals surface area contributed by atoms with E-state index in [2.05, 4.69) is 31.2 Å². The molecule has 0 bridgehead atoms. The average Bonchev–Trinajstić information content (AvgIpc) is 2.88. The van der Waals surface area contributed by atoms with Gasteiger partial charge >= 0.3 is 0 Å². The molecule has 0 fully saturated rings. The van der Waals surface area contributed by atoms with Crippen LogP contribution in [0.1, 0.15) is 41.2 Å². The molecule has 2 rings (SSSR count). The van der Waals surface area contributed by atoms with Crippen molar-refractivity contribution in [2.75, 3.05) is 0 Å². The zero-order valence-corrected chi connectivity index (χ0v) is 13.4. The van der Waals surface area contributed by atoms with Crippen LogP contribution in [0, 0.1) is 13.8 Å². The zero-order chi connectivity index (χ0) is 14.0. The van der Waals surface area contributed by atoms with Crippen molar-refractivity contribution in [3.63, 3.8) is 0 Å². The van der Waals surface area contributed by atoms with Crippen molar-refractivity contribution >= 4 is 22.9 Å². The maximum absolute atomic E-state index is 6.13. The Morgan fingerprint density at radius 1 is 1.47 bits per heavy atom. The SMILES string of the molecule is CC[C@@H](NCc1sccc1Cl)c1c(C)nn(C)c1C. The molecule has 0 aliphatic heterocycles. The predicted octanol–water partition coefficient (Wildman–Crippen LogP) is 3.99. The molecule has 0 aromatic carbocycles. The van der Waals surface area contributed by atoms with Crippen molar-refractivity contribution in [2.45, 2.75) is 39.8 Å². The van der Waals surface area contributed by atoms with Gasteiger partial charge in [-0.25, -0.2) is 0 Å². The maximum Gasteiger partial charge on any atom is 0.0644 e. The zero-order valence-electron chi connectivity index (χ0n) is 11.8. The van der Waals surface area contributed by atoms with Gasteiger partial charge in [-0.1, -0.05) is 18.5 Å². The van der Waals surface area contributed by atoms with E-state index in [0.29, 0.717) is 6.04 Å². The monoisotopic (exact) mass is 297 g/mol. The number of nitrogens with zero attached hydrogens (tertiary/aromatic N) is 2. The van der Waals surface area contributed by atoms with E-state index in [9.17, 15) is 0 Å². The summed E-state index contributed by atoms with van der Waals surface area (Å²) < 4.78 is 1.95. The van der Waals surface area contributed by atoms with E-state index in [-0.39, 0.29) is 0 Å². The summed E-state index contributed by atoms with van der Waals surface area (Å²) in [6.45, 7) is 7.20. The average molecular weight is 298 g/mol. The van der Waals surface area contributed by atoms with Crippen LogP contribution in [-0.2, 0) is 13.6 Å². The fraction of sp³-hybridized carbons (Fsp3) is 0.500. The van der Waals surface area contributed by atoms with Crippen LogP contribution in [0.3, 0.4) is 0 Å². The summed E-state index contributed by atoms with van der Waals surface area (Å²) in [5.41, 5.74) is 3.66. The molecule has 0 spiro atoms. The molecular weight excluding hydrogens is 278 g/mol. The quantitative estimate of drug-likeness (QED) is 0.904. The Balaban J connectivity index is 2.14. The number of halogens is 1. The smallest absolute Gasteiger partial charge is 0.0644 e. The molecule has 1 N–H and O–H groups in total. The van der Waals surface area contributed by atoms with Gasteiger partial charge in [0.1, 0.15) is 0 Å². The van der Waals surface area contributed by atoms with Crippen molar-refractivity contribution in [2.24, 2.45) is 7.05 Å². The topological polar surface area (TPSA) is 29.9 Å². The molecule has 2 heterocycles. The number of aryl methyl sites for hydroxylation is 2. The highest BCUT2D eigenvalue weighted by Gasteiger charge is 2.18. The Labute approximate surface area is 123 Å². The Hall–Kier alpha value is -0.840. The second-order valence-electron chi connectivity index (χ2n) is 4.74. The van der Waals surface area contributed by atoms with Crippen molar-refractivity contribution < 1.29 is 0 Å². The highest BCUT2D eigenvalue weighted by atomic mass is 35.5. The van der Waals surface area contributed by atoms with Crippen LogP contribution < -0.4 is 5.32 Å². The van der Waals surface area contributed by atoms with Crippen LogP contribution in [0.4, 0.5) is 0 Å². The number of hydrogen-bond acceptors (Lipinski definition) is 3. The molecule has 0 aliphatic carbocycles. The van der Waals surface area contributed by atoms with Crippen LogP contribution in [0.5, 0.6) is 0 Å². The van der Waals surface area contributed by atoms with E-state index in [0.717, 1.165) is 23.7 Å². The van der Waals surface area contributed by atoms with Gasteiger partial charge in [0, 0.05) is 35.8 Å². The first kappa shape index (κ1) is 14.6. The molecule has 2 aromatic rings. The third-order valence-electron chi connectivity index (χ3n) is 3.52. The molecule has 0 saturated carbocycles. The van der Waals surface area contributed by atoms with Gasteiger partial charge in [-0.3, -0.25) is 4.68 Å². The summed E-state index contributed by atoms with van der Waals surface area (Å²) in [5, 5.41) is 11.0. The Morgan fingerprint density at radius 2 is 2.21 bits per heavy atom. The summed E-state index contributed by atoms with van der Waals surface area (Å²) >= 11 is 7.83. The van der Waals surface area contributed by atoms with E-state index in [1.165, 1.54) is 16.1 Å². The Morgan fingerprint density at radius 3 is 2.68 bits per heavy atom. The van der Waals surface area contributed by atoms with Crippen LogP contribution in [0.25, 0.3) is 0 Å². The van der Waals surface area contributed by atoms with Gasteiger partial charge < -0.3 is 5.32 Å². The second kappa shape index (κ2) is 6.07. The lowest BCUT2D eigenvalue weighted by Crippen LogP contribution is -2.21. The predicted molar refractivity (Wildman–Crippen MR) is 81.9 cm³/mol. The van der Waals surface area contributed by atoms with Crippen LogP contribution in [0.2, 0.25) is 5.02 Å². The minimum absolute atomic E-state index is 0.326. The van der Waals surface area contributed by atoms with Crippen LogP contribution in [-0.4, -0.2) is 9.78 Å². The summed E-state index contributed by atoms with van der Waals surface area (Å²) in [6.07, 6.45) is 1.04. The molecule has 104 valence electrons. The summed E-state index contributed by atoms with van der Waals surface area (Å²) in [4.78, 5) is 1.19. The highest BCUT2D eigenvalue weighted by Crippen LogP contribution is 2.26. The number of hydrogen-bond donors (Lipinski definition) is 1. The first-order chi connectivity index (χ1) is 9.04. The van der Waals surface area contributed by atoms with Crippen molar-refractivity contribution in [3.05, 3.63) is 38.3 Å². The molecule has 1 atom stereocenters. The number of rotatable bonds is 5. The lowest BCUT2D eigenvalue weighted by molar-refractivity contribution is 0.517. The molecule has 2 aromatic heterocycles. The molecule has 0 radical (unpaired) electrons. The standard InChI is InChI=1S/C14H20ClN3S/c1-5-12(14-9(2)17-18(4)10(14)3)16-8-13-11(15)6-7-19-13/h6-7,12,16H,5,8H2,1-4H3/t12-/m1/s1. The first-order valence-corrected chi connectivity index (χ1v) is 7.75. The van der Waals surface area contributed by atoms with Crippen molar-refractivity contribution in [1.82, 2.24) is 15.1 Å². The maximum atomic E-state index is 6.13. The lowest BCUT2D eigenvalue weighted by atomic mass is 10.0. The fourth-order valence-corrected chi connectivity index (χ4v) is 3.47. The van der Waals surface area contributed by atoms with Crippen LogP contribution in [0.15, 0.2) is 11.4 Å². The summed E-state index contributed by atoms with van der Waals surface area (Å²) in [5.74, 6) is 0. The highest BCUT2D eigenvalue weighted by molar-refractivity contribution is 7.10. The minimum Gasteiger partial charge on any atom is -0.305 e. The molecule has 0 unspecified atom stereocenters. The van der Waals surface area contributed by atoms with E-state index in [1.807, 2.05) is 23.2 Å².